The SMILES string of the molecule is C1COCO1.C1COCOC1.C1OCC2(CO1)COCOC2.CC1CCOCO1.CC1COCOC1.CC1COCOC1. The topological polar surface area (TPSA) is 129 Å². The second kappa shape index (κ2) is 26.6. The van der Waals surface area contributed by atoms with Crippen LogP contribution in [0.25, 0.3) is 0 Å². The van der Waals surface area contributed by atoms with Gasteiger partial charge in [-0.05, 0) is 19.8 Å². The van der Waals surface area contributed by atoms with Crippen LogP contribution in [0.5, 0.6) is 0 Å². The monoisotopic (exact) mass is 628 g/mol. The van der Waals surface area contributed by atoms with Gasteiger partial charge in [-0.2, -0.15) is 0 Å². The van der Waals surface area contributed by atoms with Crippen LogP contribution < -0.4 is 0 Å². The van der Waals surface area contributed by atoms with Gasteiger partial charge >= 0.3 is 0 Å². The summed E-state index contributed by atoms with van der Waals surface area (Å²) in [6.07, 6.45) is 2.51. The fourth-order valence-corrected chi connectivity index (χ4v) is 3.90. The van der Waals surface area contributed by atoms with E-state index in [1.807, 2.05) is 0 Å². The Hall–Kier alpha value is -0.560. The minimum Gasteiger partial charge on any atom is -0.355 e. The second-order valence-electron chi connectivity index (χ2n) is 11.1. The van der Waals surface area contributed by atoms with Crippen molar-refractivity contribution >= 4 is 0 Å². The van der Waals surface area contributed by atoms with Gasteiger partial charge in [0, 0.05) is 11.8 Å². The number of hydrogen-bond donors (Lipinski definition) is 0. The molecular weight excluding hydrogens is 572 g/mol. The zero-order valence-electron chi connectivity index (χ0n) is 26.5. The smallest absolute Gasteiger partial charge is 0.147 e. The molecule has 0 amide bonds. The minimum absolute atomic E-state index is 0.0312. The van der Waals surface area contributed by atoms with Crippen LogP contribution in [0.3, 0.4) is 0 Å². The molecule has 0 saturated carbocycles. The Morgan fingerprint density at radius 2 is 0.767 bits per heavy atom. The summed E-state index contributed by atoms with van der Waals surface area (Å²) in [7, 11) is 0. The molecule has 0 N–H and O–H groups in total. The molecule has 0 aliphatic carbocycles. The van der Waals surface area contributed by atoms with Crippen LogP contribution in [-0.2, 0) is 66.3 Å². The first-order valence-electron chi connectivity index (χ1n) is 15.2. The highest BCUT2D eigenvalue weighted by Crippen LogP contribution is 2.25. The molecule has 7 rings (SSSR count). The minimum atomic E-state index is -0.0312. The number of ether oxygens (including phenoxy) is 14. The van der Waals surface area contributed by atoms with Crippen molar-refractivity contribution in [3.63, 3.8) is 0 Å². The zero-order valence-corrected chi connectivity index (χ0v) is 26.5. The Bertz CT molecular complexity index is 501. The summed E-state index contributed by atoms with van der Waals surface area (Å²) in [5.41, 5.74) is -0.0312. The highest BCUT2D eigenvalue weighted by molar-refractivity contribution is 4.81. The molecule has 7 aliphatic rings. The van der Waals surface area contributed by atoms with E-state index in [4.69, 9.17) is 66.3 Å². The highest BCUT2D eigenvalue weighted by atomic mass is 16.7. The fourth-order valence-electron chi connectivity index (χ4n) is 3.90. The van der Waals surface area contributed by atoms with Gasteiger partial charge in [0.25, 0.3) is 0 Å². The molecule has 1 unspecified atom stereocenters. The van der Waals surface area contributed by atoms with Gasteiger partial charge in [-0.15, -0.1) is 0 Å². The average molecular weight is 629 g/mol. The van der Waals surface area contributed by atoms with Crippen molar-refractivity contribution in [1.29, 1.82) is 0 Å². The molecule has 256 valence electrons. The highest BCUT2D eigenvalue weighted by Gasteiger charge is 2.36. The lowest BCUT2D eigenvalue weighted by molar-refractivity contribution is -0.245. The summed E-state index contributed by atoms with van der Waals surface area (Å²) in [6.45, 7) is 19.9. The summed E-state index contributed by atoms with van der Waals surface area (Å²) < 4.78 is 69.7. The van der Waals surface area contributed by atoms with E-state index < -0.39 is 0 Å². The third kappa shape index (κ3) is 21.7. The fraction of sp³-hybridized carbons (Fsp3) is 1.00. The quantitative estimate of drug-likeness (QED) is 0.389. The van der Waals surface area contributed by atoms with Crippen molar-refractivity contribution in [2.24, 2.45) is 17.3 Å². The predicted octanol–water partition coefficient (Wildman–Crippen LogP) is 2.38. The molecule has 7 heterocycles. The molecule has 0 aromatic carbocycles. The van der Waals surface area contributed by atoms with Crippen molar-refractivity contribution < 1.29 is 66.3 Å². The standard InChI is InChI=1S/C7H12O4.3C5H10O2.C4H8O2.C3H6O2/c1-7(2-9-5-8-1)3-10-6-11-4-7;2*1-5-2-6-4-7-3-5;1-5-2-3-6-4-7-5;1-2-5-4-6-3-1;1-2-5-3-4-1/h1-6H2;3*5H,2-4H2,1H3;1-4H2;1-3H2. The van der Waals surface area contributed by atoms with Crippen LogP contribution in [0.4, 0.5) is 0 Å². The maximum absolute atomic E-state index is 5.18. The van der Waals surface area contributed by atoms with Gasteiger partial charge in [0.1, 0.15) is 47.6 Å². The molecular formula is C29H56O14. The lowest BCUT2D eigenvalue weighted by Gasteiger charge is -2.38. The van der Waals surface area contributed by atoms with Crippen LogP contribution in [0.1, 0.15) is 33.6 Å². The van der Waals surface area contributed by atoms with Gasteiger partial charge < -0.3 is 66.3 Å². The van der Waals surface area contributed by atoms with Gasteiger partial charge in [-0.25, -0.2) is 0 Å². The van der Waals surface area contributed by atoms with E-state index in [0.29, 0.717) is 91.9 Å². The van der Waals surface area contributed by atoms with Crippen molar-refractivity contribution in [2.45, 2.75) is 39.7 Å². The first kappa shape index (κ1) is 38.6. The summed E-state index contributed by atoms with van der Waals surface area (Å²) >= 11 is 0. The lowest BCUT2D eigenvalue weighted by atomic mass is 9.91. The van der Waals surface area contributed by atoms with E-state index in [2.05, 4.69) is 20.8 Å². The van der Waals surface area contributed by atoms with Crippen LogP contribution >= 0.6 is 0 Å². The van der Waals surface area contributed by atoms with Gasteiger partial charge in [0.15, 0.2) is 0 Å². The average Bonchev–Trinajstić information content (AvgIpc) is 3.66. The van der Waals surface area contributed by atoms with E-state index in [0.717, 1.165) is 72.3 Å². The van der Waals surface area contributed by atoms with Crippen LogP contribution in [0, 0.1) is 17.3 Å². The molecule has 43 heavy (non-hydrogen) atoms. The van der Waals surface area contributed by atoms with Crippen LogP contribution in [0.2, 0.25) is 0 Å². The third-order valence-electron chi connectivity index (χ3n) is 6.30. The maximum atomic E-state index is 5.18. The zero-order chi connectivity index (χ0) is 30.7. The van der Waals surface area contributed by atoms with Crippen molar-refractivity contribution in [2.75, 3.05) is 133 Å². The van der Waals surface area contributed by atoms with Crippen LogP contribution in [-0.4, -0.2) is 140 Å². The molecule has 0 radical (unpaired) electrons. The number of hydrogen-bond acceptors (Lipinski definition) is 14. The molecule has 0 aromatic heterocycles. The Morgan fingerprint density at radius 1 is 0.395 bits per heavy atom. The lowest BCUT2D eigenvalue weighted by Crippen LogP contribution is -2.47. The van der Waals surface area contributed by atoms with E-state index in [9.17, 15) is 0 Å². The van der Waals surface area contributed by atoms with Crippen molar-refractivity contribution in [1.82, 2.24) is 0 Å². The number of rotatable bonds is 0. The normalized spacial score (nSPS) is 27.6. The first-order chi connectivity index (χ1) is 21.1. The van der Waals surface area contributed by atoms with Crippen LogP contribution in [0.15, 0.2) is 0 Å². The molecule has 0 bridgehead atoms. The van der Waals surface area contributed by atoms with Gasteiger partial charge in [-0.1, -0.05) is 13.8 Å². The predicted molar refractivity (Wildman–Crippen MR) is 152 cm³/mol. The largest absolute Gasteiger partial charge is 0.355 e. The maximum Gasteiger partial charge on any atom is 0.147 e. The molecule has 0 aromatic rings. The van der Waals surface area contributed by atoms with E-state index in [-0.39, 0.29) is 5.41 Å². The molecule has 7 aliphatic heterocycles. The molecule has 14 heteroatoms. The van der Waals surface area contributed by atoms with Gasteiger partial charge in [-0.3, -0.25) is 0 Å². The summed E-state index contributed by atoms with van der Waals surface area (Å²) in [5, 5.41) is 0. The molecule has 14 nitrogen and oxygen atoms in total. The molecule has 1 atom stereocenters. The Morgan fingerprint density at radius 3 is 1.00 bits per heavy atom. The van der Waals surface area contributed by atoms with Gasteiger partial charge in [0.05, 0.1) is 97.4 Å². The third-order valence-corrected chi connectivity index (χ3v) is 6.30. The van der Waals surface area contributed by atoms with Crippen molar-refractivity contribution in [3.05, 3.63) is 0 Å². The Labute approximate surface area is 257 Å². The Balaban J connectivity index is 0.000000184. The van der Waals surface area contributed by atoms with E-state index >= 15 is 0 Å². The summed E-state index contributed by atoms with van der Waals surface area (Å²) in [6, 6.07) is 0. The van der Waals surface area contributed by atoms with Gasteiger partial charge in [0.2, 0.25) is 0 Å². The van der Waals surface area contributed by atoms with Crippen molar-refractivity contribution in [3.8, 4) is 0 Å². The Kier molecular flexibility index (Phi) is 23.9. The second-order valence-corrected chi connectivity index (χ2v) is 11.1. The van der Waals surface area contributed by atoms with E-state index in [1.54, 1.807) is 0 Å². The summed E-state index contributed by atoms with van der Waals surface area (Å²) in [4.78, 5) is 0. The molecule has 1 spiro atoms. The summed E-state index contributed by atoms with van der Waals surface area (Å²) in [5.74, 6) is 1.18. The molecule has 7 saturated heterocycles. The molecule has 7 fully saturated rings. The van der Waals surface area contributed by atoms with E-state index in [1.165, 1.54) is 0 Å². The first-order valence-corrected chi connectivity index (χ1v) is 15.2.